The first-order valence-electron chi connectivity index (χ1n) is 13.8. The molecule has 0 saturated carbocycles. The van der Waals surface area contributed by atoms with Gasteiger partial charge in [-0.1, -0.05) is 149 Å². The highest BCUT2D eigenvalue weighted by Gasteiger charge is 2.28. The van der Waals surface area contributed by atoms with Crippen molar-refractivity contribution in [2.45, 2.75) is 40.3 Å². The monoisotopic (exact) mass is 544 g/mol. The number of benzene rings is 4. The van der Waals surface area contributed by atoms with Gasteiger partial charge in [0.15, 0.2) is 0 Å². The van der Waals surface area contributed by atoms with Crippen molar-refractivity contribution >= 4 is 37.1 Å². The summed E-state index contributed by atoms with van der Waals surface area (Å²) in [6.45, 7) is 11.2. The Morgan fingerprint density at radius 1 is 0.641 bits per heavy atom. The molecule has 0 amide bonds. The zero-order valence-electron chi connectivity index (χ0n) is 23.7. The fraction of sp³-hybridized carbons (Fsp3) is 0.189. The average Bonchev–Trinajstić information content (AvgIpc) is 3.34. The second-order valence-electron chi connectivity index (χ2n) is 10.8. The predicted octanol–water partition coefficient (Wildman–Crippen LogP) is 8.30. The molecule has 0 aliphatic heterocycles. The zero-order valence-corrected chi connectivity index (χ0v) is 25.5. The van der Waals surface area contributed by atoms with E-state index in [4.69, 9.17) is 0 Å². The van der Waals surface area contributed by atoms with Crippen LogP contribution in [-0.2, 0) is 0 Å². The third-order valence-corrected chi connectivity index (χ3v) is 12.4. The molecule has 2 heteroatoms. The molecule has 196 valence electrons. The van der Waals surface area contributed by atoms with Crippen molar-refractivity contribution in [3.05, 3.63) is 155 Å². The maximum atomic E-state index is 2.49. The van der Waals surface area contributed by atoms with Crippen molar-refractivity contribution in [2.75, 3.05) is 6.16 Å². The molecule has 1 aliphatic rings. The van der Waals surface area contributed by atoms with Gasteiger partial charge >= 0.3 is 0 Å². The molecule has 0 N–H and O–H groups in total. The number of aryl methyl sites for hydroxylation is 4. The van der Waals surface area contributed by atoms with Crippen LogP contribution in [0.25, 0.3) is 0 Å². The third-order valence-electron chi connectivity index (χ3n) is 7.13. The topological polar surface area (TPSA) is 0 Å². The van der Waals surface area contributed by atoms with Gasteiger partial charge in [0, 0.05) is 5.66 Å². The molecule has 0 aromatic heterocycles. The standard InChI is InChI=1S/C37H38P2/c1-27-19-28(2)23-35(22-27)39(36-24-29(3)20-30(4)25-36)37-18-12-13-32(37)21-31(5)26-38(33-14-8-6-9-15-33)34-16-10-7-11-17-34/h6-25,37H,26H2,1-5H3/b31-21-. The van der Waals surface area contributed by atoms with Crippen LogP contribution in [0.3, 0.4) is 0 Å². The molecular weight excluding hydrogens is 506 g/mol. The molecule has 1 atom stereocenters. The Morgan fingerprint density at radius 3 is 1.56 bits per heavy atom. The quantitative estimate of drug-likeness (QED) is 0.196. The zero-order chi connectivity index (χ0) is 27.4. The van der Waals surface area contributed by atoms with E-state index in [9.17, 15) is 0 Å². The first kappa shape index (κ1) is 27.5. The molecule has 5 rings (SSSR count). The number of hydrogen-bond donors (Lipinski definition) is 0. The molecule has 1 aliphatic carbocycles. The van der Waals surface area contributed by atoms with Gasteiger partial charge in [0.25, 0.3) is 0 Å². The maximum absolute atomic E-state index is 2.49. The summed E-state index contributed by atoms with van der Waals surface area (Å²) in [4.78, 5) is 0. The Kier molecular flexibility index (Phi) is 8.77. The SMILES string of the molecule is C/C(=C/C1=CC=CC1P(c1cc(C)cc(C)c1)c1cc(C)cc(C)c1)CP(c1ccccc1)c1ccccc1. The molecule has 39 heavy (non-hydrogen) atoms. The average molecular weight is 545 g/mol. The lowest BCUT2D eigenvalue weighted by molar-refractivity contribution is 1.28. The first-order valence-corrected chi connectivity index (χ1v) is 16.7. The summed E-state index contributed by atoms with van der Waals surface area (Å²) in [7, 11) is -1.04. The van der Waals surface area contributed by atoms with E-state index in [-0.39, 0.29) is 0 Å². The molecule has 4 aromatic rings. The number of rotatable bonds is 8. The van der Waals surface area contributed by atoms with Crippen LogP contribution in [0.2, 0.25) is 0 Å². The van der Waals surface area contributed by atoms with Crippen molar-refractivity contribution in [1.29, 1.82) is 0 Å². The fourth-order valence-corrected chi connectivity index (χ4v) is 11.0. The third kappa shape index (κ3) is 6.76. The van der Waals surface area contributed by atoms with E-state index in [1.807, 2.05) is 0 Å². The van der Waals surface area contributed by atoms with Crippen LogP contribution in [0.1, 0.15) is 29.2 Å². The van der Waals surface area contributed by atoms with Gasteiger partial charge < -0.3 is 0 Å². The van der Waals surface area contributed by atoms with Crippen LogP contribution in [0, 0.1) is 27.7 Å². The largest absolute Gasteiger partial charge is 0.0721 e. The van der Waals surface area contributed by atoms with Gasteiger partial charge in [-0.05, 0) is 83.4 Å². The minimum Gasteiger partial charge on any atom is -0.0721 e. The van der Waals surface area contributed by atoms with Gasteiger partial charge in [0.05, 0.1) is 0 Å². The van der Waals surface area contributed by atoms with E-state index < -0.39 is 15.8 Å². The molecule has 0 fully saturated rings. The molecule has 1 unspecified atom stereocenters. The smallest absolute Gasteiger partial charge is 0.0304 e. The minimum atomic E-state index is -0.589. The molecule has 0 nitrogen and oxygen atoms in total. The number of hydrogen-bond acceptors (Lipinski definition) is 0. The van der Waals surface area contributed by atoms with E-state index >= 15 is 0 Å². The van der Waals surface area contributed by atoms with Gasteiger partial charge in [-0.25, -0.2) is 0 Å². The van der Waals surface area contributed by atoms with Crippen molar-refractivity contribution in [1.82, 2.24) is 0 Å². The second-order valence-corrected chi connectivity index (χ2v) is 15.3. The van der Waals surface area contributed by atoms with Crippen LogP contribution in [0.4, 0.5) is 0 Å². The Bertz CT molecular complexity index is 1400. The highest BCUT2D eigenvalue weighted by molar-refractivity contribution is 7.74. The summed E-state index contributed by atoms with van der Waals surface area (Å²) in [6, 6.07) is 36.4. The van der Waals surface area contributed by atoms with Crippen LogP contribution in [-0.4, -0.2) is 11.8 Å². The summed E-state index contributed by atoms with van der Waals surface area (Å²) in [5.41, 5.74) is 8.64. The van der Waals surface area contributed by atoms with E-state index in [0.717, 1.165) is 6.16 Å². The Balaban J connectivity index is 1.51. The lowest BCUT2D eigenvalue weighted by Gasteiger charge is -2.28. The predicted molar refractivity (Wildman–Crippen MR) is 177 cm³/mol. The highest BCUT2D eigenvalue weighted by atomic mass is 31.1. The van der Waals surface area contributed by atoms with E-state index in [1.54, 1.807) is 0 Å². The van der Waals surface area contributed by atoms with Crippen molar-refractivity contribution in [2.24, 2.45) is 0 Å². The second kappa shape index (κ2) is 12.4. The summed E-state index contributed by atoms with van der Waals surface area (Å²) in [5.74, 6) is 0. The Morgan fingerprint density at radius 2 is 1.10 bits per heavy atom. The van der Waals surface area contributed by atoms with Gasteiger partial charge in [-0.3, -0.25) is 0 Å². The van der Waals surface area contributed by atoms with E-state index in [2.05, 4.69) is 156 Å². The molecule has 0 radical (unpaired) electrons. The summed E-state index contributed by atoms with van der Waals surface area (Å²) in [5, 5.41) is 5.82. The molecule has 0 heterocycles. The maximum Gasteiger partial charge on any atom is 0.0304 e. The van der Waals surface area contributed by atoms with Gasteiger partial charge in [-0.15, -0.1) is 0 Å². The van der Waals surface area contributed by atoms with E-state index in [1.165, 1.54) is 54.6 Å². The summed E-state index contributed by atoms with van der Waals surface area (Å²) in [6.07, 6.45) is 10.6. The van der Waals surface area contributed by atoms with Crippen molar-refractivity contribution in [3.63, 3.8) is 0 Å². The van der Waals surface area contributed by atoms with Crippen LogP contribution in [0.15, 0.2) is 133 Å². The van der Waals surface area contributed by atoms with Crippen molar-refractivity contribution in [3.8, 4) is 0 Å². The van der Waals surface area contributed by atoms with Crippen molar-refractivity contribution < 1.29 is 0 Å². The first-order chi connectivity index (χ1) is 18.9. The minimum absolute atomic E-state index is 0.372. The molecule has 4 aromatic carbocycles. The van der Waals surface area contributed by atoms with Gasteiger partial charge in [-0.2, -0.15) is 0 Å². The Hall–Kier alpha value is -3.04. The lowest BCUT2D eigenvalue weighted by Crippen LogP contribution is -2.22. The summed E-state index contributed by atoms with van der Waals surface area (Å²) >= 11 is 0. The highest BCUT2D eigenvalue weighted by Crippen LogP contribution is 2.47. The molecular formula is C37H38P2. The molecule has 0 saturated heterocycles. The summed E-state index contributed by atoms with van der Waals surface area (Å²) < 4.78 is 0. The van der Waals surface area contributed by atoms with Crippen LogP contribution < -0.4 is 21.2 Å². The molecule has 0 spiro atoms. The normalized spacial score (nSPS) is 15.3. The van der Waals surface area contributed by atoms with Gasteiger partial charge in [0.1, 0.15) is 0 Å². The van der Waals surface area contributed by atoms with Crippen LogP contribution >= 0.6 is 15.8 Å². The lowest BCUT2D eigenvalue weighted by atomic mass is 10.1. The van der Waals surface area contributed by atoms with Crippen LogP contribution in [0.5, 0.6) is 0 Å². The van der Waals surface area contributed by atoms with E-state index in [0.29, 0.717) is 5.66 Å². The number of allylic oxidation sites excluding steroid dienone is 6. The molecule has 0 bridgehead atoms. The Labute approximate surface area is 237 Å². The van der Waals surface area contributed by atoms with Gasteiger partial charge in [0.2, 0.25) is 0 Å². The fourth-order valence-electron chi connectivity index (χ4n) is 5.63.